The molecule has 0 bridgehead atoms. The smallest absolute Gasteiger partial charge is 0.354 e. The minimum Gasteiger partial charge on any atom is -0.477 e. The lowest BCUT2D eigenvalue weighted by Gasteiger charge is -2.03. The lowest BCUT2D eigenvalue weighted by molar-refractivity contribution is 0.0690. The highest BCUT2D eigenvalue weighted by Gasteiger charge is 2.09. The standard InChI is InChI=1S/C11H11N5O3/c1-16-6-9(14-15-16)10(17)13-5-7-2-3-8(11(18)19)12-4-7/h2-4,6H,5H2,1H3,(H,13,17)(H,18,19). The highest BCUT2D eigenvalue weighted by Crippen LogP contribution is 2.01. The number of hydrogen-bond donors (Lipinski definition) is 2. The molecule has 0 aliphatic carbocycles. The zero-order chi connectivity index (χ0) is 13.8. The first-order chi connectivity index (χ1) is 9.06. The second kappa shape index (κ2) is 5.25. The van der Waals surface area contributed by atoms with Crippen molar-refractivity contribution in [2.45, 2.75) is 6.54 Å². The van der Waals surface area contributed by atoms with E-state index in [1.807, 2.05) is 0 Å². The van der Waals surface area contributed by atoms with Crippen molar-refractivity contribution in [3.63, 3.8) is 0 Å². The molecule has 0 saturated carbocycles. The Labute approximate surface area is 108 Å². The molecule has 0 spiro atoms. The molecule has 1 amide bonds. The average Bonchev–Trinajstić information content (AvgIpc) is 2.83. The Morgan fingerprint density at radius 1 is 1.37 bits per heavy atom. The highest BCUT2D eigenvalue weighted by atomic mass is 16.4. The maximum absolute atomic E-state index is 11.7. The molecular weight excluding hydrogens is 250 g/mol. The number of aromatic nitrogens is 4. The van der Waals surface area contributed by atoms with Gasteiger partial charge in [0.2, 0.25) is 0 Å². The van der Waals surface area contributed by atoms with Crippen LogP contribution >= 0.6 is 0 Å². The van der Waals surface area contributed by atoms with Gasteiger partial charge in [-0.2, -0.15) is 0 Å². The molecule has 2 aromatic heterocycles. The molecule has 0 aromatic carbocycles. The Balaban J connectivity index is 1.95. The Kier molecular flexibility index (Phi) is 3.51. The number of carboxylic acid groups (broad SMARTS) is 1. The summed E-state index contributed by atoms with van der Waals surface area (Å²) in [5.41, 5.74) is 0.879. The average molecular weight is 261 g/mol. The monoisotopic (exact) mass is 261 g/mol. The molecule has 0 atom stereocenters. The third kappa shape index (κ3) is 3.12. The van der Waals surface area contributed by atoms with Gasteiger partial charge in [0.25, 0.3) is 5.91 Å². The lowest BCUT2D eigenvalue weighted by Crippen LogP contribution is -2.23. The summed E-state index contributed by atoms with van der Waals surface area (Å²) in [6, 6.07) is 2.97. The van der Waals surface area contributed by atoms with Gasteiger partial charge in [-0.1, -0.05) is 11.3 Å². The van der Waals surface area contributed by atoms with Crippen LogP contribution in [0.4, 0.5) is 0 Å². The van der Waals surface area contributed by atoms with Crippen LogP contribution in [0.15, 0.2) is 24.5 Å². The minimum atomic E-state index is -1.09. The van der Waals surface area contributed by atoms with Gasteiger partial charge in [-0.15, -0.1) is 5.10 Å². The van der Waals surface area contributed by atoms with Crippen LogP contribution in [0.1, 0.15) is 26.5 Å². The Morgan fingerprint density at radius 2 is 2.16 bits per heavy atom. The number of aromatic carboxylic acids is 1. The van der Waals surface area contributed by atoms with E-state index in [-0.39, 0.29) is 23.8 Å². The van der Waals surface area contributed by atoms with E-state index in [4.69, 9.17) is 5.11 Å². The van der Waals surface area contributed by atoms with Gasteiger partial charge < -0.3 is 10.4 Å². The minimum absolute atomic E-state index is 0.0380. The molecule has 19 heavy (non-hydrogen) atoms. The van der Waals surface area contributed by atoms with E-state index in [0.717, 1.165) is 0 Å². The molecule has 2 rings (SSSR count). The SMILES string of the molecule is Cn1cc(C(=O)NCc2ccc(C(=O)O)nc2)nn1. The molecule has 98 valence electrons. The first-order valence-electron chi connectivity index (χ1n) is 5.39. The van der Waals surface area contributed by atoms with E-state index >= 15 is 0 Å². The van der Waals surface area contributed by atoms with Crippen molar-refractivity contribution in [1.29, 1.82) is 0 Å². The van der Waals surface area contributed by atoms with Gasteiger partial charge in [0, 0.05) is 19.8 Å². The zero-order valence-corrected chi connectivity index (χ0v) is 10.1. The molecule has 0 unspecified atom stereocenters. The van der Waals surface area contributed by atoms with Crippen molar-refractivity contribution in [2.24, 2.45) is 7.05 Å². The van der Waals surface area contributed by atoms with Crippen LogP contribution in [0.25, 0.3) is 0 Å². The van der Waals surface area contributed by atoms with Crippen LogP contribution in [0, 0.1) is 0 Å². The van der Waals surface area contributed by atoms with Crippen LogP contribution in [-0.4, -0.2) is 37.0 Å². The molecular formula is C11H11N5O3. The number of carboxylic acids is 1. The summed E-state index contributed by atoms with van der Waals surface area (Å²) < 4.78 is 1.43. The highest BCUT2D eigenvalue weighted by molar-refractivity contribution is 5.91. The van der Waals surface area contributed by atoms with E-state index in [9.17, 15) is 9.59 Å². The molecule has 8 heteroatoms. The number of carbonyl (C=O) groups excluding carboxylic acids is 1. The van der Waals surface area contributed by atoms with E-state index in [0.29, 0.717) is 5.56 Å². The number of nitrogens with one attached hydrogen (secondary N) is 1. The molecule has 0 saturated heterocycles. The maximum Gasteiger partial charge on any atom is 0.354 e. The molecule has 2 N–H and O–H groups in total. The number of hydrogen-bond acceptors (Lipinski definition) is 5. The van der Waals surface area contributed by atoms with Crippen LogP contribution in [0.2, 0.25) is 0 Å². The number of aryl methyl sites for hydroxylation is 1. The first-order valence-corrected chi connectivity index (χ1v) is 5.39. The quantitative estimate of drug-likeness (QED) is 0.791. The van der Waals surface area contributed by atoms with E-state index < -0.39 is 5.97 Å². The molecule has 0 aliphatic rings. The topological polar surface area (TPSA) is 110 Å². The predicted octanol–water partition coefficient (Wildman–Crippen LogP) is -0.162. The lowest BCUT2D eigenvalue weighted by atomic mass is 10.2. The second-order valence-corrected chi connectivity index (χ2v) is 3.82. The summed E-state index contributed by atoms with van der Waals surface area (Å²) in [5.74, 6) is -1.44. The Bertz CT molecular complexity index is 605. The maximum atomic E-state index is 11.7. The zero-order valence-electron chi connectivity index (χ0n) is 10.1. The number of rotatable bonds is 4. The van der Waals surface area contributed by atoms with Crippen molar-refractivity contribution in [3.8, 4) is 0 Å². The fraction of sp³-hybridized carbons (Fsp3) is 0.182. The summed E-state index contributed by atoms with van der Waals surface area (Å²) in [6.45, 7) is 0.238. The fourth-order valence-electron chi connectivity index (χ4n) is 1.38. The number of nitrogens with zero attached hydrogens (tertiary/aromatic N) is 4. The molecule has 0 aliphatic heterocycles. The van der Waals surface area contributed by atoms with Crippen molar-refractivity contribution < 1.29 is 14.7 Å². The molecule has 0 radical (unpaired) electrons. The summed E-state index contributed by atoms with van der Waals surface area (Å²) >= 11 is 0. The molecule has 2 aromatic rings. The first kappa shape index (κ1) is 12.7. The van der Waals surface area contributed by atoms with Gasteiger partial charge in [0.15, 0.2) is 5.69 Å². The van der Waals surface area contributed by atoms with Gasteiger partial charge in [-0.25, -0.2) is 9.78 Å². The van der Waals surface area contributed by atoms with E-state index in [1.165, 1.54) is 23.1 Å². The summed E-state index contributed by atoms with van der Waals surface area (Å²) in [7, 11) is 1.67. The third-order valence-corrected chi connectivity index (χ3v) is 2.33. The van der Waals surface area contributed by atoms with Gasteiger partial charge >= 0.3 is 5.97 Å². The third-order valence-electron chi connectivity index (χ3n) is 2.33. The van der Waals surface area contributed by atoms with Crippen molar-refractivity contribution >= 4 is 11.9 Å². The number of pyridine rings is 1. The number of carbonyl (C=O) groups is 2. The van der Waals surface area contributed by atoms with Crippen molar-refractivity contribution in [3.05, 3.63) is 41.5 Å². The van der Waals surface area contributed by atoms with Gasteiger partial charge in [0.1, 0.15) is 5.69 Å². The molecule has 8 nitrogen and oxygen atoms in total. The second-order valence-electron chi connectivity index (χ2n) is 3.82. The van der Waals surface area contributed by atoms with Gasteiger partial charge in [0.05, 0.1) is 6.20 Å². The largest absolute Gasteiger partial charge is 0.477 e. The summed E-state index contributed by atoms with van der Waals surface area (Å²) in [4.78, 5) is 26.0. The molecule has 2 heterocycles. The van der Waals surface area contributed by atoms with Gasteiger partial charge in [-0.05, 0) is 11.6 Å². The van der Waals surface area contributed by atoms with E-state index in [2.05, 4.69) is 20.6 Å². The van der Waals surface area contributed by atoms with Crippen LogP contribution < -0.4 is 5.32 Å². The summed E-state index contributed by atoms with van der Waals surface area (Å²) in [6.07, 6.45) is 2.90. The van der Waals surface area contributed by atoms with Crippen molar-refractivity contribution in [1.82, 2.24) is 25.3 Å². The molecule has 0 fully saturated rings. The predicted molar refractivity (Wildman–Crippen MR) is 63.4 cm³/mol. The number of amides is 1. The Hall–Kier alpha value is -2.77. The fourth-order valence-corrected chi connectivity index (χ4v) is 1.38. The van der Waals surface area contributed by atoms with Gasteiger partial charge in [-0.3, -0.25) is 9.48 Å². The van der Waals surface area contributed by atoms with Crippen LogP contribution in [0.5, 0.6) is 0 Å². The van der Waals surface area contributed by atoms with Crippen LogP contribution in [0.3, 0.4) is 0 Å². The van der Waals surface area contributed by atoms with Crippen molar-refractivity contribution in [2.75, 3.05) is 0 Å². The normalized spacial score (nSPS) is 10.2. The van der Waals surface area contributed by atoms with Crippen LogP contribution in [-0.2, 0) is 13.6 Å². The van der Waals surface area contributed by atoms with E-state index in [1.54, 1.807) is 13.1 Å². The summed E-state index contributed by atoms with van der Waals surface area (Å²) in [5, 5.41) is 18.7. The Morgan fingerprint density at radius 3 is 2.68 bits per heavy atom.